The summed E-state index contributed by atoms with van der Waals surface area (Å²) in [6.07, 6.45) is -5.28. The summed E-state index contributed by atoms with van der Waals surface area (Å²) in [6.45, 7) is 4.10. The Labute approximate surface area is 194 Å². The number of carbonyl (C=O) groups excluding carboxylic acids is 5. The van der Waals surface area contributed by atoms with Gasteiger partial charge >= 0.3 is 23.9 Å². The van der Waals surface area contributed by atoms with Crippen molar-refractivity contribution in [2.75, 3.05) is 6.61 Å². The van der Waals surface area contributed by atoms with Crippen molar-refractivity contribution in [1.82, 2.24) is 5.32 Å². The fourth-order valence-electron chi connectivity index (χ4n) is 3.16. The van der Waals surface area contributed by atoms with Crippen LogP contribution in [0.3, 0.4) is 0 Å². The molecule has 1 saturated heterocycles. The van der Waals surface area contributed by atoms with Crippen molar-refractivity contribution in [3.63, 3.8) is 0 Å². The molecule has 1 aromatic rings. The molecule has 1 aromatic carbocycles. The second kappa shape index (κ2) is 11.6. The van der Waals surface area contributed by atoms with Crippen molar-refractivity contribution in [2.45, 2.75) is 58.3 Å². The van der Waals surface area contributed by atoms with E-state index < -0.39 is 67.0 Å². The van der Waals surface area contributed by atoms with Gasteiger partial charge in [0.1, 0.15) is 18.8 Å². The molecule has 0 saturated carbocycles. The van der Waals surface area contributed by atoms with E-state index in [1.165, 1.54) is 24.3 Å². The highest BCUT2D eigenvalue weighted by Gasteiger charge is 2.52. The highest BCUT2D eigenvalue weighted by atomic mass is 35.5. The second-order valence-electron chi connectivity index (χ2n) is 7.11. The highest BCUT2D eigenvalue weighted by molar-refractivity contribution is 6.30. The van der Waals surface area contributed by atoms with Crippen LogP contribution in [0.5, 0.6) is 0 Å². The van der Waals surface area contributed by atoms with Gasteiger partial charge in [-0.1, -0.05) is 11.6 Å². The van der Waals surface area contributed by atoms with Gasteiger partial charge in [0.15, 0.2) is 12.2 Å². The number of ether oxygens (including phenoxy) is 5. The van der Waals surface area contributed by atoms with E-state index in [2.05, 4.69) is 5.32 Å². The predicted molar refractivity (Wildman–Crippen MR) is 111 cm³/mol. The van der Waals surface area contributed by atoms with Crippen molar-refractivity contribution in [1.29, 1.82) is 0 Å². The smallest absolute Gasteiger partial charge is 0.305 e. The zero-order valence-corrected chi connectivity index (χ0v) is 19.1. The van der Waals surface area contributed by atoms with Crippen molar-refractivity contribution in [3.8, 4) is 0 Å². The number of hydrogen-bond donors (Lipinski definition) is 1. The molecule has 33 heavy (non-hydrogen) atoms. The van der Waals surface area contributed by atoms with Gasteiger partial charge in [-0.3, -0.25) is 24.0 Å². The van der Waals surface area contributed by atoms with E-state index in [0.717, 1.165) is 27.7 Å². The van der Waals surface area contributed by atoms with Gasteiger partial charge in [0, 0.05) is 38.3 Å². The number of carbonyl (C=O) groups is 5. The standard InChI is InChI=1S/C21H24ClNO10/c1-10(24)29-9-16-18(30-11(2)25)19(31-12(3)26)17(21(33-16)32-13(4)27)23-20(28)14-5-7-15(22)8-6-14/h5-8,16-19,21H,9H2,1-4H3,(H,23,28)/t16-,17-,18+,19+,21-/m0/s1. The van der Waals surface area contributed by atoms with Gasteiger partial charge in [-0.2, -0.15) is 0 Å². The molecular weight excluding hydrogens is 462 g/mol. The number of benzene rings is 1. The van der Waals surface area contributed by atoms with Crippen molar-refractivity contribution >= 4 is 41.4 Å². The Bertz CT molecular complexity index is 903. The van der Waals surface area contributed by atoms with Crippen LogP contribution >= 0.6 is 11.6 Å². The molecular formula is C21H24ClNO10. The van der Waals surface area contributed by atoms with Gasteiger partial charge in [0.25, 0.3) is 5.91 Å². The Morgan fingerprint density at radius 1 is 0.848 bits per heavy atom. The van der Waals surface area contributed by atoms with Crippen LogP contribution in [0.15, 0.2) is 24.3 Å². The number of nitrogens with one attached hydrogen (secondary N) is 1. The van der Waals surface area contributed by atoms with Gasteiger partial charge in [-0.25, -0.2) is 0 Å². The topological polar surface area (TPSA) is 144 Å². The maximum absolute atomic E-state index is 12.8. The Hall–Kier alpha value is -3.18. The first-order valence-electron chi connectivity index (χ1n) is 9.84. The zero-order chi connectivity index (χ0) is 24.7. The lowest BCUT2D eigenvalue weighted by Gasteiger charge is -2.44. The summed E-state index contributed by atoms with van der Waals surface area (Å²) in [7, 11) is 0. The average molecular weight is 486 g/mol. The molecule has 1 aliphatic heterocycles. The van der Waals surface area contributed by atoms with E-state index in [0.29, 0.717) is 5.02 Å². The lowest BCUT2D eigenvalue weighted by molar-refractivity contribution is -0.270. The summed E-state index contributed by atoms with van der Waals surface area (Å²) in [5, 5.41) is 3.00. The third kappa shape index (κ3) is 7.72. The minimum Gasteiger partial charge on any atom is -0.463 e. The minimum atomic E-state index is -1.46. The predicted octanol–water partition coefficient (Wildman–Crippen LogP) is 1.15. The maximum Gasteiger partial charge on any atom is 0.305 e. The van der Waals surface area contributed by atoms with Crippen LogP contribution in [0.2, 0.25) is 5.02 Å². The van der Waals surface area contributed by atoms with Gasteiger partial charge in [0.05, 0.1) is 0 Å². The molecule has 5 atom stereocenters. The number of hydrogen-bond acceptors (Lipinski definition) is 10. The lowest BCUT2D eigenvalue weighted by atomic mass is 9.95. The first-order valence-corrected chi connectivity index (χ1v) is 10.2. The second-order valence-corrected chi connectivity index (χ2v) is 7.55. The average Bonchev–Trinajstić information content (AvgIpc) is 2.70. The van der Waals surface area contributed by atoms with Crippen molar-refractivity contribution < 1.29 is 47.7 Å². The SMILES string of the molecule is CC(=O)OC[C@@H]1O[C@H](OC(C)=O)[C@@H](NC(=O)c2ccc(Cl)cc2)[C@@H](OC(C)=O)[C@@H]1OC(C)=O. The molecule has 0 radical (unpaired) electrons. The molecule has 11 nitrogen and oxygen atoms in total. The van der Waals surface area contributed by atoms with E-state index in [1.807, 2.05) is 0 Å². The molecule has 1 N–H and O–H groups in total. The van der Waals surface area contributed by atoms with Gasteiger partial charge < -0.3 is 29.0 Å². The van der Waals surface area contributed by atoms with Crippen LogP contribution < -0.4 is 5.32 Å². The summed E-state index contributed by atoms with van der Waals surface area (Å²) in [4.78, 5) is 59.5. The van der Waals surface area contributed by atoms with Crippen LogP contribution in [0.25, 0.3) is 0 Å². The van der Waals surface area contributed by atoms with E-state index in [-0.39, 0.29) is 5.56 Å². The molecule has 0 bridgehead atoms. The minimum absolute atomic E-state index is 0.202. The molecule has 0 aromatic heterocycles. The Morgan fingerprint density at radius 3 is 1.91 bits per heavy atom. The van der Waals surface area contributed by atoms with Crippen molar-refractivity contribution in [2.24, 2.45) is 0 Å². The number of amides is 1. The molecule has 1 amide bonds. The molecule has 2 rings (SSSR count). The number of halogens is 1. The molecule has 1 fully saturated rings. The normalized spacial score (nSPS) is 24.2. The maximum atomic E-state index is 12.8. The highest BCUT2D eigenvalue weighted by Crippen LogP contribution is 2.28. The monoisotopic (exact) mass is 485 g/mol. The van der Waals surface area contributed by atoms with Crippen LogP contribution in [-0.4, -0.2) is 67.0 Å². The molecule has 0 unspecified atom stereocenters. The zero-order valence-electron chi connectivity index (χ0n) is 18.4. The summed E-state index contributed by atoms with van der Waals surface area (Å²) < 4.78 is 26.5. The molecule has 12 heteroatoms. The van der Waals surface area contributed by atoms with E-state index in [4.69, 9.17) is 35.3 Å². The van der Waals surface area contributed by atoms with E-state index in [9.17, 15) is 24.0 Å². The van der Waals surface area contributed by atoms with Crippen LogP contribution in [0.1, 0.15) is 38.1 Å². The van der Waals surface area contributed by atoms with E-state index in [1.54, 1.807) is 0 Å². The lowest BCUT2D eigenvalue weighted by Crippen LogP contribution is -2.67. The third-order valence-electron chi connectivity index (χ3n) is 4.39. The quantitative estimate of drug-likeness (QED) is 0.441. The third-order valence-corrected chi connectivity index (χ3v) is 4.64. The Kier molecular flexibility index (Phi) is 9.18. The summed E-state index contributed by atoms with van der Waals surface area (Å²) >= 11 is 5.85. The van der Waals surface area contributed by atoms with Crippen LogP contribution in [-0.2, 0) is 42.9 Å². The largest absolute Gasteiger partial charge is 0.463 e. The van der Waals surface area contributed by atoms with Crippen molar-refractivity contribution in [3.05, 3.63) is 34.9 Å². The first-order chi connectivity index (χ1) is 15.5. The fraction of sp³-hybridized carbons (Fsp3) is 0.476. The first kappa shape index (κ1) is 26.1. The van der Waals surface area contributed by atoms with Crippen LogP contribution in [0.4, 0.5) is 0 Å². The molecule has 180 valence electrons. The molecule has 1 aliphatic rings. The van der Waals surface area contributed by atoms with E-state index >= 15 is 0 Å². The number of rotatable bonds is 7. The molecule has 0 aliphatic carbocycles. The Balaban J connectivity index is 2.44. The van der Waals surface area contributed by atoms with Gasteiger partial charge in [-0.15, -0.1) is 0 Å². The molecule has 0 spiro atoms. The summed E-state index contributed by atoms with van der Waals surface area (Å²) in [6, 6.07) is 4.63. The fourth-order valence-corrected chi connectivity index (χ4v) is 3.28. The number of esters is 4. The molecule has 1 heterocycles. The Morgan fingerprint density at radius 2 is 1.39 bits per heavy atom. The van der Waals surface area contributed by atoms with Crippen LogP contribution in [0, 0.1) is 0 Å². The van der Waals surface area contributed by atoms with Gasteiger partial charge in [-0.05, 0) is 24.3 Å². The summed E-state index contributed by atoms with van der Waals surface area (Å²) in [5.41, 5.74) is 0.202. The summed E-state index contributed by atoms with van der Waals surface area (Å²) in [5.74, 6) is -3.55. The van der Waals surface area contributed by atoms with Gasteiger partial charge in [0.2, 0.25) is 6.29 Å².